The summed E-state index contributed by atoms with van der Waals surface area (Å²) in [5.74, 6) is -0.298. The third kappa shape index (κ3) is 4.00. The molecule has 0 saturated carbocycles. The summed E-state index contributed by atoms with van der Waals surface area (Å²) in [7, 11) is 0. The minimum Gasteiger partial charge on any atom is -0.478 e. The smallest absolute Gasteiger partial charge is 0.335 e. The molecule has 21 heavy (non-hydrogen) atoms. The summed E-state index contributed by atoms with van der Waals surface area (Å²) in [5.41, 5.74) is 2.19. The van der Waals surface area contributed by atoms with Gasteiger partial charge in [-0.1, -0.05) is 32.9 Å². The minimum atomic E-state index is -0.894. The molecule has 1 heterocycles. The average molecular weight is 307 g/mol. The zero-order valence-corrected chi connectivity index (χ0v) is 13.5. The van der Waals surface area contributed by atoms with Gasteiger partial charge in [-0.05, 0) is 23.6 Å². The van der Waals surface area contributed by atoms with Crippen molar-refractivity contribution in [2.24, 2.45) is 0 Å². The number of benzene rings is 1. The topological polar surface area (TPSA) is 57.6 Å². The number of amides is 1. The summed E-state index contributed by atoms with van der Waals surface area (Å²) in [6.45, 7) is 7.39. The first kappa shape index (κ1) is 15.9. The lowest BCUT2D eigenvalue weighted by Crippen LogP contribution is -2.38. The van der Waals surface area contributed by atoms with Gasteiger partial charge in [0, 0.05) is 17.8 Å². The Hall–Kier alpha value is -1.49. The van der Waals surface area contributed by atoms with Gasteiger partial charge in [-0.15, -0.1) is 11.8 Å². The van der Waals surface area contributed by atoms with E-state index < -0.39 is 5.97 Å². The van der Waals surface area contributed by atoms with Crippen LogP contribution in [0.2, 0.25) is 0 Å². The Morgan fingerprint density at radius 3 is 2.67 bits per heavy atom. The van der Waals surface area contributed by atoms with Crippen LogP contribution in [0.5, 0.6) is 0 Å². The van der Waals surface area contributed by atoms with Crippen LogP contribution in [-0.2, 0) is 17.8 Å². The summed E-state index contributed by atoms with van der Waals surface area (Å²) in [6, 6.07) is 5.30. The van der Waals surface area contributed by atoms with Crippen molar-refractivity contribution in [2.45, 2.75) is 38.5 Å². The fraction of sp³-hybridized carbons (Fsp3) is 0.500. The van der Waals surface area contributed by atoms with E-state index in [0.29, 0.717) is 30.8 Å². The van der Waals surface area contributed by atoms with E-state index in [2.05, 4.69) is 20.8 Å². The van der Waals surface area contributed by atoms with Gasteiger partial charge in [-0.2, -0.15) is 0 Å². The van der Waals surface area contributed by atoms with E-state index in [9.17, 15) is 14.7 Å². The number of nitrogens with zero attached hydrogens (tertiary/aromatic N) is 1. The van der Waals surface area contributed by atoms with Gasteiger partial charge < -0.3 is 10.0 Å². The number of carboxylic acids is 1. The SMILES string of the molecule is CC(C)(C)SCC(=O)N1CCc2c(cccc2C(=O)O)C1. The van der Waals surface area contributed by atoms with Crippen LogP contribution in [0.3, 0.4) is 0 Å². The van der Waals surface area contributed by atoms with Crippen molar-refractivity contribution in [3.63, 3.8) is 0 Å². The molecule has 1 N–H and O–H groups in total. The van der Waals surface area contributed by atoms with E-state index >= 15 is 0 Å². The third-order valence-corrected chi connectivity index (χ3v) is 4.74. The molecule has 114 valence electrons. The van der Waals surface area contributed by atoms with Crippen molar-refractivity contribution in [2.75, 3.05) is 12.3 Å². The van der Waals surface area contributed by atoms with Gasteiger partial charge in [-0.25, -0.2) is 4.79 Å². The number of aromatic carboxylic acids is 1. The molecule has 5 heteroatoms. The van der Waals surface area contributed by atoms with E-state index in [1.807, 2.05) is 11.0 Å². The summed E-state index contributed by atoms with van der Waals surface area (Å²) in [4.78, 5) is 25.3. The zero-order valence-electron chi connectivity index (χ0n) is 12.7. The lowest BCUT2D eigenvalue weighted by molar-refractivity contribution is -0.129. The highest BCUT2D eigenvalue weighted by Crippen LogP contribution is 2.26. The standard InChI is InChI=1S/C16H21NO3S/c1-16(2,3)21-10-14(18)17-8-7-12-11(9-17)5-4-6-13(12)15(19)20/h4-6H,7-10H2,1-3H3,(H,19,20). The molecule has 0 aliphatic carbocycles. The first-order valence-corrected chi connectivity index (χ1v) is 8.02. The molecule has 0 saturated heterocycles. The number of carboxylic acid groups (broad SMARTS) is 1. The highest BCUT2D eigenvalue weighted by atomic mass is 32.2. The minimum absolute atomic E-state index is 0.0693. The van der Waals surface area contributed by atoms with Gasteiger partial charge in [0.15, 0.2) is 0 Å². The van der Waals surface area contributed by atoms with Gasteiger partial charge in [0.25, 0.3) is 0 Å². The van der Waals surface area contributed by atoms with Crippen LogP contribution in [-0.4, -0.2) is 38.9 Å². The maximum absolute atomic E-state index is 12.3. The van der Waals surface area contributed by atoms with Crippen molar-refractivity contribution in [3.8, 4) is 0 Å². The molecule has 0 spiro atoms. The van der Waals surface area contributed by atoms with E-state index in [1.165, 1.54) is 0 Å². The molecular weight excluding hydrogens is 286 g/mol. The predicted octanol–water partition coefficient (Wildman–Crippen LogP) is 2.80. The van der Waals surface area contributed by atoms with E-state index in [-0.39, 0.29) is 10.7 Å². The Balaban J connectivity index is 2.08. The second-order valence-electron chi connectivity index (χ2n) is 6.21. The van der Waals surface area contributed by atoms with Crippen LogP contribution in [0, 0.1) is 0 Å². The molecule has 4 nitrogen and oxygen atoms in total. The lowest BCUT2D eigenvalue weighted by atomic mass is 9.94. The summed E-state index contributed by atoms with van der Waals surface area (Å²) in [5, 5.41) is 9.21. The monoisotopic (exact) mass is 307 g/mol. The molecule has 0 fully saturated rings. The number of carbonyl (C=O) groups excluding carboxylic acids is 1. The van der Waals surface area contributed by atoms with Crippen molar-refractivity contribution < 1.29 is 14.7 Å². The van der Waals surface area contributed by atoms with Gasteiger partial charge in [-0.3, -0.25) is 4.79 Å². The highest BCUT2D eigenvalue weighted by Gasteiger charge is 2.25. The molecule has 0 bridgehead atoms. The largest absolute Gasteiger partial charge is 0.478 e. The predicted molar refractivity (Wildman–Crippen MR) is 84.7 cm³/mol. The third-order valence-electron chi connectivity index (χ3n) is 3.48. The van der Waals surface area contributed by atoms with E-state index in [4.69, 9.17) is 0 Å². The van der Waals surface area contributed by atoms with Gasteiger partial charge in [0.05, 0.1) is 11.3 Å². The average Bonchev–Trinajstić information content (AvgIpc) is 2.42. The van der Waals surface area contributed by atoms with Crippen LogP contribution in [0.4, 0.5) is 0 Å². The van der Waals surface area contributed by atoms with Gasteiger partial charge in [0.1, 0.15) is 0 Å². The Bertz CT molecular complexity index is 563. The number of carbonyl (C=O) groups is 2. The number of fused-ring (bicyclic) bond motifs is 1. The molecule has 1 aromatic carbocycles. The van der Waals surface area contributed by atoms with Crippen LogP contribution >= 0.6 is 11.8 Å². The molecule has 0 unspecified atom stereocenters. The van der Waals surface area contributed by atoms with Gasteiger partial charge in [0.2, 0.25) is 5.91 Å². The molecule has 1 aliphatic rings. The summed E-state index contributed by atoms with van der Waals surface area (Å²) < 4.78 is 0.0693. The van der Waals surface area contributed by atoms with Crippen LogP contribution in [0.25, 0.3) is 0 Å². The second-order valence-corrected chi connectivity index (χ2v) is 8.02. The molecule has 1 aromatic rings. The molecule has 0 atom stereocenters. The molecule has 0 aromatic heterocycles. The first-order chi connectivity index (χ1) is 9.78. The number of hydrogen-bond acceptors (Lipinski definition) is 3. The van der Waals surface area contributed by atoms with Crippen LogP contribution in [0.1, 0.15) is 42.3 Å². The van der Waals surface area contributed by atoms with Crippen molar-refractivity contribution in [3.05, 3.63) is 34.9 Å². The highest BCUT2D eigenvalue weighted by molar-refractivity contribution is 8.01. The summed E-state index contributed by atoms with van der Waals surface area (Å²) in [6.07, 6.45) is 0.615. The molecule has 1 amide bonds. The van der Waals surface area contributed by atoms with E-state index in [1.54, 1.807) is 23.9 Å². The molecule has 2 rings (SSSR count). The Morgan fingerprint density at radius 2 is 2.05 bits per heavy atom. The maximum atomic E-state index is 12.3. The Labute approximate surface area is 129 Å². The fourth-order valence-electron chi connectivity index (χ4n) is 2.39. The molecule has 1 aliphatic heterocycles. The van der Waals surface area contributed by atoms with Crippen LogP contribution < -0.4 is 0 Å². The van der Waals surface area contributed by atoms with Crippen molar-refractivity contribution in [1.29, 1.82) is 0 Å². The molecule has 0 radical (unpaired) electrons. The number of thioether (sulfide) groups is 1. The Morgan fingerprint density at radius 1 is 1.33 bits per heavy atom. The van der Waals surface area contributed by atoms with E-state index in [0.717, 1.165) is 11.1 Å². The lowest BCUT2D eigenvalue weighted by Gasteiger charge is -2.30. The summed E-state index contributed by atoms with van der Waals surface area (Å²) >= 11 is 1.64. The first-order valence-electron chi connectivity index (χ1n) is 7.04. The van der Waals surface area contributed by atoms with Crippen molar-refractivity contribution >= 4 is 23.6 Å². The maximum Gasteiger partial charge on any atom is 0.335 e. The second kappa shape index (κ2) is 6.10. The Kier molecular flexibility index (Phi) is 4.61. The fourth-order valence-corrected chi connectivity index (χ4v) is 3.13. The normalized spacial score (nSPS) is 14.7. The van der Waals surface area contributed by atoms with Gasteiger partial charge >= 0.3 is 5.97 Å². The zero-order chi connectivity index (χ0) is 15.6. The quantitative estimate of drug-likeness (QED) is 0.933. The van der Waals surface area contributed by atoms with Crippen molar-refractivity contribution in [1.82, 2.24) is 4.90 Å². The molecular formula is C16H21NO3S. The number of hydrogen-bond donors (Lipinski definition) is 1. The number of rotatable bonds is 3. The van der Waals surface area contributed by atoms with Crippen LogP contribution in [0.15, 0.2) is 18.2 Å².